The van der Waals surface area contributed by atoms with Crippen molar-refractivity contribution in [3.8, 4) is 0 Å². The molecule has 0 heterocycles. The quantitative estimate of drug-likeness (QED) is 0.253. The SMILES string of the molecule is C[C@H](CCC(=O)O)[C@H]1CC[C@H]2[C@@H]3[C@@H](OC(=O)CCC(=O)O)CC4C[C@@H](OC(=O)CCC(=O)O)CC[C@]4(C)[C@H]3CC[C@]12C. The van der Waals surface area contributed by atoms with E-state index in [0.29, 0.717) is 37.0 Å². The van der Waals surface area contributed by atoms with Crippen LogP contribution in [-0.4, -0.2) is 57.4 Å². The van der Waals surface area contributed by atoms with Crippen LogP contribution in [0.2, 0.25) is 0 Å². The summed E-state index contributed by atoms with van der Waals surface area (Å²) in [5, 5.41) is 27.3. The highest BCUT2D eigenvalue weighted by molar-refractivity contribution is 5.77. The van der Waals surface area contributed by atoms with Crippen molar-refractivity contribution in [2.75, 3.05) is 0 Å². The minimum absolute atomic E-state index is 0.0187. The molecule has 0 amide bonds. The number of esters is 2. The monoisotopic (exact) mass is 592 g/mol. The van der Waals surface area contributed by atoms with Gasteiger partial charge in [0.05, 0.1) is 25.7 Å². The molecule has 0 aliphatic heterocycles. The van der Waals surface area contributed by atoms with Gasteiger partial charge in [-0.3, -0.25) is 24.0 Å². The highest BCUT2D eigenvalue weighted by Crippen LogP contribution is 2.69. The van der Waals surface area contributed by atoms with Gasteiger partial charge < -0.3 is 24.8 Å². The van der Waals surface area contributed by atoms with Gasteiger partial charge in [0.25, 0.3) is 0 Å². The van der Waals surface area contributed by atoms with Crippen molar-refractivity contribution in [1.29, 1.82) is 0 Å². The second-order valence-electron chi connectivity index (χ2n) is 14.1. The van der Waals surface area contributed by atoms with Gasteiger partial charge in [0.2, 0.25) is 0 Å². The molecular formula is C32H48O10. The number of hydrogen-bond acceptors (Lipinski definition) is 7. The lowest BCUT2D eigenvalue weighted by atomic mass is 9.43. The van der Waals surface area contributed by atoms with Gasteiger partial charge in [-0.1, -0.05) is 20.8 Å². The van der Waals surface area contributed by atoms with Gasteiger partial charge >= 0.3 is 29.8 Å². The summed E-state index contributed by atoms with van der Waals surface area (Å²) in [6.45, 7) is 6.87. The Morgan fingerprint density at radius 1 is 0.714 bits per heavy atom. The van der Waals surface area contributed by atoms with Gasteiger partial charge in [0, 0.05) is 12.3 Å². The van der Waals surface area contributed by atoms with E-state index in [1.165, 1.54) is 0 Å². The van der Waals surface area contributed by atoms with Crippen LogP contribution in [-0.2, 0) is 33.4 Å². The molecule has 1 unspecified atom stereocenters. The van der Waals surface area contributed by atoms with E-state index in [-0.39, 0.29) is 72.9 Å². The molecule has 4 aliphatic carbocycles. The Balaban J connectivity index is 1.55. The third-order valence-corrected chi connectivity index (χ3v) is 11.9. The van der Waals surface area contributed by atoms with Crippen molar-refractivity contribution in [3.05, 3.63) is 0 Å². The number of hydrogen-bond donors (Lipinski definition) is 3. The Morgan fingerprint density at radius 3 is 1.90 bits per heavy atom. The van der Waals surface area contributed by atoms with E-state index in [2.05, 4.69) is 20.8 Å². The number of carbonyl (C=O) groups excluding carboxylic acids is 2. The van der Waals surface area contributed by atoms with Crippen LogP contribution in [0.1, 0.15) is 111 Å². The maximum absolute atomic E-state index is 12.9. The number of fused-ring (bicyclic) bond motifs is 5. The molecule has 10 heteroatoms. The minimum atomic E-state index is -1.04. The van der Waals surface area contributed by atoms with Crippen LogP contribution < -0.4 is 0 Å². The standard InChI is InChI=1S/C32H48O10/c1-18(4-7-25(33)34)21-5-6-22-30-23(13-15-32(21,22)3)31(2)14-12-20(41-28(39)10-8-26(35)36)16-19(31)17-24(30)42-29(40)11-9-27(37)38/h18-24,30H,4-17H2,1-3H3,(H,33,34)(H,35,36)(H,37,38)/t18-,19?,20+,21-,22+,23+,24+,30+,31+,32-/m1/s1. The molecule has 4 rings (SSSR count). The van der Waals surface area contributed by atoms with Crippen molar-refractivity contribution in [1.82, 2.24) is 0 Å². The summed E-state index contributed by atoms with van der Waals surface area (Å²) in [4.78, 5) is 58.5. The predicted molar refractivity (Wildman–Crippen MR) is 150 cm³/mol. The van der Waals surface area contributed by atoms with Crippen molar-refractivity contribution >= 4 is 29.8 Å². The Kier molecular flexibility index (Phi) is 9.93. The Morgan fingerprint density at radius 2 is 1.29 bits per heavy atom. The topological polar surface area (TPSA) is 164 Å². The number of aliphatic carboxylic acids is 3. The van der Waals surface area contributed by atoms with E-state index in [0.717, 1.165) is 38.5 Å². The van der Waals surface area contributed by atoms with Gasteiger partial charge in [-0.2, -0.15) is 0 Å². The molecule has 42 heavy (non-hydrogen) atoms. The summed E-state index contributed by atoms with van der Waals surface area (Å²) in [7, 11) is 0. The highest BCUT2D eigenvalue weighted by atomic mass is 16.5. The number of carboxylic acids is 3. The molecule has 0 aromatic rings. The van der Waals surface area contributed by atoms with Crippen molar-refractivity contribution in [3.63, 3.8) is 0 Å². The van der Waals surface area contributed by atoms with Crippen LogP contribution in [0.5, 0.6) is 0 Å². The zero-order chi connectivity index (χ0) is 30.8. The zero-order valence-corrected chi connectivity index (χ0v) is 25.2. The maximum Gasteiger partial charge on any atom is 0.306 e. The fourth-order valence-electron chi connectivity index (χ4n) is 9.81. The third-order valence-electron chi connectivity index (χ3n) is 11.9. The fraction of sp³-hybridized carbons (Fsp3) is 0.844. The first-order chi connectivity index (χ1) is 19.7. The molecule has 0 saturated heterocycles. The Labute approximate surface area is 247 Å². The number of rotatable bonds is 12. The third kappa shape index (κ3) is 6.77. The van der Waals surface area contributed by atoms with E-state index < -0.39 is 29.8 Å². The van der Waals surface area contributed by atoms with Crippen LogP contribution in [0, 0.1) is 46.3 Å². The summed E-state index contributed by atoms with van der Waals surface area (Å²) >= 11 is 0. The predicted octanol–water partition coefficient (Wildman–Crippen LogP) is 5.31. The second-order valence-corrected chi connectivity index (χ2v) is 14.1. The first-order valence-corrected chi connectivity index (χ1v) is 15.8. The van der Waals surface area contributed by atoms with Gasteiger partial charge in [-0.05, 0) is 98.2 Å². The Bertz CT molecular complexity index is 1060. The second kappa shape index (κ2) is 12.9. The molecule has 10 nitrogen and oxygen atoms in total. The van der Waals surface area contributed by atoms with E-state index in [4.69, 9.17) is 19.7 Å². The normalized spacial score (nSPS) is 37.8. The van der Waals surface area contributed by atoms with Crippen LogP contribution in [0.3, 0.4) is 0 Å². The average Bonchev–Trinajstić information content (AvgIpc) is 3.27. The number of carboxylic acid groups (broad SMARTS) is 3. The lowest BCUT2D eigenvalue weighted by Crippen LogP contribution is -2.59. The fourth-order valence-corrected chi connectivity index (χ4v) is 9.81. The summed E-state index contributed by atoms with van der Waals surface area (Å²) < 4.78 is 11.9. The molecule has 4 aliphatic rings. The van der Waals surface area contributed by atoms with Gasteiger partial charge in [0.15, 0.2) is 0 Å². The van der Waals surface area contributed by atoms with Crippen LogP contribution in [0.25, 0.3) is 0 Å². The minimum Gasteiger partial charge on any atom is -0.481 e. The summed E-state index contributed by atoms with van der Waals surface area (Å²) in [5.41, 5.74) is -0.00215. The first-order valence-electron chi connectivity index (χ1n) is 15.8. The Hall–Kier alpha value is -2.65. The van der Waals surface area contributed by atoms with Gasteiger partial charge in [-0.15, -0.1) is 0 Å². The smallest absolute Gasteiger partial charge is 0.306 e. The summed E-state index contributed by atoms with van der Waals surface area (Å²) in [5.74, 6) is -2.23. The molecule has 0 aromatic carbocycles. The van der Waals surface area contributed by atoms with Crippen molar-refractivity contribution in [2.24, 2.45) is 46.3 Å². The van der Waals surface area contributed by atoms with E-state index in [9.17, 15) is 29.1 Å². The molecule has 4 saturated carbocycles. The van der Waals surface area contributed by atoms with Gasteiger partial charge in [-0.25, -0.2) is 0 Å². The lowest BCUT2D eigenvalue weighted by molar-refractivity contribution is -0.199. The zero-order valence-electron chi connectivity index (χ0n) is 25.2. The number of ether oxygens (including phenoxy) is 2. The summed E-state index contributed by atoms with van der Waals surface area (Å²) in [6.07, 6.45) is 6.20. The van der Waals surface area contributed by atoms with E-state index >= 15 is 0 Å². The van der Waals surface area contributed by atoms with Gasteiger partial charge in [0.1, 0.15) is 12.2 Å². The van der Waals surface area contributed by atoms with Crippen LogP contribution in [0.15, 0.2) is 0 Å². The molecular weight excluding hydrogens is 544 g/mol. The van der Waals surface area contributed by atoms with Crippen LogP contribution >= 0.6 is 0 Å². The summed E-state index contributed by atoms with van der Waals surface area (Å²) in [6, 6.07) is 0. The largest absolute Gasteiger partial charge is 0.481 e. The molecule has 236 valence electrons. The van der Waals surface area contributed by atoms with E-state index in [1.54, 1.807) is 0 Å². The molecule has 3 N–H and O–H groups in total. The first kappa shape index (κ1) is 32.3. The molecule has 10 atom stereocenters. The van der Waals surface area contributed by atoms with Crippen LogP contribution in [0.4, 0.5) is 0 Å². The molecule has 0 bridgehead atoms. The molecule has 0 radical (unpaired) electrons. The highest BCUT2D eigenvalue weighted by Gasteiger charge is 2.64. The molecule has 0 spiro atoms. The average molecular weight is 593 g/mol. The van der Waals surface area contributed by atoms with E-state index in [1.807, 2.05) is 0 Å². The van der Waals surface area contributed by atoms with Crippen molar-refractivity contribution in [2.45, 2.75) is 123 Å². The molecule has 0 aromatic heterocycles. The lowest BCUT2D eigenvalue weighted by Gasteiger charge is -2.62. The number of carbonyl (C=O) groups is 5. The van der Waals surface area contributed by atoms with Crippen molar-refractivity contribution < 1.29 is 48.8 Å². The molecule has 4 fully saturated rings. The maximum atomic E-state index is 12.9.